The zero-order valence-corrected chi connectivity index (χ0v) is 9.02. The number of hydrogen-bond donors (Lipinski definition) is 1. The van der Waals surface area contributed by atoms with Gasteiger partial charge >= 0.3 is 0 Å². The van der Waals surface area contributed by atoms with E-state index in [1.54, 1.807) is 14.2 Å². The van der Waals surface area contributed by atoms with Crippen molar-refractivity contribution in [3.63, 3.8) is 0 Å². The van der Waals surface area contributed by atoms with Crippen molar-refractivity contribution < 1.29 is 9.47 Å². The predicted octanol–water partition coefficient (Wildman–Crippen LogP) is 2.55. The fourth-order valence-electron chi connectivity index (χ4n) is 1.19. The summed E-state index contributed by atoms with van der Waals surface area (Å²) in [7, 11) is 3.26. The number of benzene rings is 1. The number of rotatable bonds is 3. The molecule has 72 valence electrons. The van der Waals surface area contributed by atoms with E-state index < -0.39 is 0 Å². The second-order valence-corrected chi connectivity index (χ2v) is 3.17. The molecule has 0 fully saturated rings. The van der Waals surface area contributed by atoms with E-state index in [0.717, 1.165) is 22.8 Å². The van der Waals surface area contributed by atoms with Crippen molar-refractivity contribution in [3.8, 4) is 11.5 Å². The van der Waals surface area contributed by atoms with Crippen LogP contribution in [0, 0.1) is 0 Å². The highest BCUT2D eigenvalue weighted by Gasteiger charge is 2.06. The number of hydrogen-bond acceptors (Lipinski definition) is 3. The Bertz CT molecular complexity index is 297. The van der Waals surface area contributed by atoms with E-state index in [0.29, 0.717) is 0 Å². The molecule has 13 heavy (non-hydrogen) atoms. The van der Waals surface area contributed by atoms with Crippen LogP contribution in [0.15, 0.2) is 17.0 Å². The highest BCUT2D eigenvalue weighted by atomic mass is 32.1. The van der Waals surface area contributed by atoms with Crippen LogP contribution in [0.5, 0.6) is 11.5 Å². The lowest BCUT2D eigenvalue weighted by atomic mass is 10.1. The van der Waals surface area contributed by atoms with Gasteiger partial charge in [0.25, 0.3) is 0 Å². The monoisotopic (exact) mass is 198 g/mol. The molecule has 0 atom stereocenters. The Morgan fingerprint density at radius 1 is 1.15 bits per heavy atom. The third-order valence-electron chi connectivity index (χ3n) is 1.97. The minimum atomic E-state index is 0.727. The van der Waals surface area contributed by atoms with Gasteiger partial charge in [0.15, 0.2) is 11.5 Å². The second kappa shape index (κ2) is 4.42. The first-order chi connectivity index (χ1) is 6.22. The molecule has 0 aliphatic rings. The lowest BCUT2D eigenvalue weighted by Crippen LogP contribution is -1.93. The highest BCUT2D eigenvalue weighted by Crippen LogP contribution is 2.32. The van der Waals surface area contributed by atoms with Gasteiger partial charge < -0.3 is 9.47 Å². The molecule has 0 aliphatic heterocycles. The molecule has 1 aromatic carbocycles. The van der Waals surface area contributed by atoms with E-state index in [1.807, 2.05) is 12.1 Å². The van der Waals surface area contributed by atoms with Crippen LogP contribution in [0.4, 0.5) is 0 Å². The molecule has 3 heteroatoms. The molecular formula is C10H14O2S. The maximum absolute atomic E-state index is 5.17. The van der Waals surface area contributed by atoms with E-state index in [-0.39, 0.29) is 0 Å². The molecule has 1 aromatic rings. The number of ether oxygens (including phenoxy) is 2. The van der Waals surface area contributed by atoms with Crippen molar-refractivity contribution in [1.29, 1.82) is 0 Å². The third-order valence-corrected chi connectivity index (χ3v) is 2.38. The molecule has 0 bridgehead atoms. The standard InChI is InChI=1S/C10H14O2S/c1-4-7-5-8(11-2)9(12-3)6-10(7)13/h5-6,13H,4H2,1-3H3. The van der Waals surface area contributed by atoms with Crippen LogP contribution in [0.2, 0.25) is 0 Å². The third kappa shape index (κ3) is 2.10. The van der Waals surface area contributed by atoms with Gasteiger partial charge in [0.2, 0.25) is 0 Å². The normalized spacial score (nSPS) is 9.85. The van der Waals surface area contributed by atoms with Gasteiger partial charge in [-0.25, -0.2) is 0 Å². The summed E-state index contributed by atoms with van der Waals surface area (Å²) in [5.74, 6) is 1.49. The summed E-state index contributed by atoms with van der Waals surface area (Å²) in [6, 6.07) is 3.84. The van der Waals surface area contributed by atoms with Gasteiger partial charge in [-0.05, 0) is 24.1 Å². The van der Waals surface area contributed by atoms with Crippen LogP contribution >= 0.6 is 12.6 Å². The SMILES string of the molecule is CCc1cc(OC)c(OC)cc1S. The molecule has 0 unspecified atom stereocenters. The molecule has 0 radical (unpaired) electrons. The predicted molar refractivity (Wildman–Crippen MR) is 56.2 cm³/mol. The Morgan fingerprint density at radius 3 is 2.15 bits per heavy atom. The number of methoxy groups -OCH3 is 2. The molecule has 0 saturated carbocycles. The van der Waals surface area contributed by atoms with Crippen molar-refractivity contribution in [1.82, 2.24) is 0 Å². The molecule has 2 nitrogen and oxygen atoms in total. The maximum Gasteiger partial charge on any atom is 0.161 e. The molecule has 0 spiro atoms. The van der Waals surface area contributed by atoms with E-state index in [9.17, 15) is 0 Å². The van der Waals surface area contributed by atoms with Crippen molar-refractivity contribution in [2.45, 2.75) is 18.2 Å². The average Bonchev–Trinajstić information content (AvgIpc) is 2.17. The maximum atomic E-state index is 5.17. The Labute approximate surface area is 84.3 Å². The summed E-state index contributed by atoms with van der Waals surface area (Å²) in [5.41, 5.74) is 1.17. The van der Waals surface area contributed by atoms with Gasteiger partial charge in [0.05, 0.1) is 14.2 Å². The smallest absolute Gasteiger partial charge is 0.161 e. The van der Waals surface area contributed by atoms with Gasteiger partial charge in [-0.3, -0.25) is 0 Å². The fourth-order valence-corrected chi connectivity index (χ4v) is 1.53. The van der Waals surface area contributed by atoms with Crippen LogP contribution in [0.3, 0.4) is 0 Å². The molecule has 0 aromatic heterocycles. The molecule has 0 amide bonds. The molecule has 0 heterocycles. The lowest BCUT2D eigenvalue weighted by molar-refractivity contribution is 0.353. The Kier molecular flexibility index (Phi) is 3.48. The van der Waals surface area contributed by atoms with Crippen molar-refractivity contribution in [2.75, 3.05) is 14.2 Å². The fraction of sp³-hybridized carbons (Fsp3) is 0.400. The molecular weight excluding hydrogens is 184 g/mol. The van der Waals surface area contributed by atoms with Crippen LogP contribution in [-0.2, 0) is 6.42 Å². The average molecular weight is 198 g/mol. The van der Waals surface area contributed by atoms with Gasteiger partial charge in [-0.1, -0.05) is 6.92 Å². The van der Waals surface area contributed by atoms with Crippen LogP contribution in [-0.4, -0.2) is 14.2 Å². The minimum absolute atomic E-state index is 0.727. The van der Waals surface area contributed by atoms with Crippen molar-refractivity contribution in [2.24, 2.45) is 0 Å². The summed E-state index contributed by atoms with van der Waals surface area (Å²) in [4.78, 5) is 0.945. The Morgan fingerprint density at radius 2 is 1.69 bits per heavy atom. The first kappa shape index (κ1) is 10.3. The van der Waals surface area contributed by atoms with Crippen LogP contribution in [0.1, 0.15) is 12.5 Å². The van der Waals surface area contributed by atoms with E-state index in [2.05, 4.69) is 19.6 Å². The quantitative estimate of drug-likeness (QED) is 0.752. The zero-order valence-electron chi connectivity index (χ0n) is 8.13. The van der Waals surface area contributed by atoms with Gasteiger partial charge in [-0.2, -0.15) is 0 Å². The topological polar surface area (TPSA) is 18.5 Å². The second-order valence-electron chi connectivity index (χ2n) is 2.69. The van der Waals surface area contributed by atoms with E-state index in [1.165, 1.54) is 5.56 Å². The Balaban J connectivity index is 3.18. The summed E-state index contributed by atoms with van der Waals surface area (Å²) >= 11 is 4.35. The summed E-state index contributed by atoms with van der Waals surface area (Å²) < 4.78 is 10.3. The first-order valence-corrected chi connectivity index (χ1v) is 4.61. The molecule has 0 saturated heterocycles. The molecule has 0 aliphatic carbocycles. The highest BCUT2D eigenvalue weighted by molar-refractivity contribution is 7.80. The van der Waals surface area contributed by atoms with Crippen molar-refractivity contribution in [3.05, 3.63) is 17.7 Å². The summed E-state index contributed by atoms with van der Waals surface area (Å²) in [6.45, 7) is 2.08. The van der Waals surface area contributed by atoms with Crippen LogP contribution in [0.25, 0.3) is 0 Å². The van der Waals surface area contributed by atoms with Crippen molar-refractivity contribution >= 4 is 12.6 Å². The molecule has 1 rings (SSSR count). The minimum Gasteiger partial charge on any atom is -0.493 e. The summed E-state index contributed by atoms with van der Waals surface area (Å²) in [5, 5.41) is 0. The molecule has 0 N–H and O–H groups in total. The van der Waals surface area contributed by atoms with Gasteiger partial charge in [-0.15, -0.1) is 12.6 Å². The lowest BCUT2D eigenvalue weighted by Gasteiger charge is -2.10. The largest absolute Gasteiger partial charge is 0.493 e. The number of thiol groups is 1. The van der Waals surface area contributed by atoms with Gasteiger partial charge in [0.1, 0.15) is 0 Å². The first-order valence-electron chi connectivity index (χ1n) is 4.16. The van der Waals surface area contributed by atoms with Gasteiger partial charge in [0, 0.05) is 4.90 Å². The summed E-state index contributed by atoms with van der Waals surface area (Å²) in [6.07, 6.45) is 0.944. The zero-order chi connectivity index (χ0) is 9.84. The van der Waals surface area contributed by atoms with E-state index >= 15 is 0 Å². The Hall–Kier alpha value is -0.830. The van der Waals surface area contributed by atoms with E-state index in [4.69, 9.17) is 9.47 Å². The number of aryl methyl sites for hydroxylation is 1. The van der Waals surface area contributed by atoms with Crippen LogP contribution < -0.4 is 9.47 Å².